The number of aliphatic hydroxyl groups excluding tert-OH is 2. The quantitative estimate of drug-likeness (QED) is 0.1000. The van der Waals surface area contributed by atoms with Crippen molar-refractivity contribution in [1.82, 2.24) is 29.1 Å². The van der Waals surface area contributed by atoms with Gasteiger partial charge in [0, 0.05) is 5.92 Å². The molecule has 4 aromatic rings. The molecule has 3 aliphatic rings. The summed E-state index contributed by atoms with van der Waals surface area (Å²) in [6.07, 6.45) is -4.26. The lowest BCUT2D eigenvalue weighted by molar-refractivity contribution is -0.337. The summed E-state index contributed by atoms with van der Waals surface area (Å²) in [5, 5.41) is 22.7. The molecule has 7 rings (SSSR count). The predicted molar refractivity (Wildman–Crippen MR) is 154 cm³/mol. The van der Waals surface area contributed by atoms with Gasteiger partial charge in [0.2, 0.25) is 13.2 Å². The van der Waals surface area contributed by atoms with Crippen LogP contribution in [0.25, 0.3) is 22.2 Å². The second kappa shape index (κ2) is 11.3. The number of aliphatic hydroxyl groups is 2. The molecule has 22 heteroatoms. The number of nitrogens with zero attached hydrogens (tertiary/aromatic N) is 5. The molecule has 10 atom stereocenters. The minimum atomic E-state index is -4.41. The number of thiol groups is 1. The van der Waals surface area contributed by atoms with E-state index in [1.165, 1.54) is 27.9 Å². The van der Waals surface area contributed by atoms with Crippen molar-refractivity contribution < 1.29 is 47.7 Å². The molecule has 0 aliphatic carbocycles. The first kappa shape index (κ1) is 29.9. The molecule has 3 saturated heterocycles. The molecule has 44 heavy (non-hydrogen) atoms. The average molecular weight is 673 g/mol. The van der Waals surface area contributed by atoms with Gasteiger partial charge in [-0.3, -0.25) is 18.5 Å². The zero-order valence-electron chi connectivity index (χ0n) is 22.5. The van der Waals surface area contributed by atoms with Gasteiger partial charge in [0.1, 0.15) is 41.6 Å². The minimum Gasteiger partial charge on any atom is -0.388 e. The Hall–Kier alpha value is -2.74. The van der Waals surface area contributed by atoms with E-state index in [2.05, 4.69) is 37.2 Å². The lowest BCUT2D eigenvalue weighted by Crippen LogP contribution is -2.35. The van der Waals surface area contributed by atoms with Gasteiger partial charge >= 0.3 is 19.1 Å². The second-order valence-corrected chi connectivity index (χ2v) is 14.4. The van der Waals surface area contributed by atoms with Gasteiger partial charge in [0.15, 0.2) is 23.9 Å². The SMILES string of the molecule is Nc1[nH]c(=O)c2ccn(C3OC4COP(=O)(O)CC5C(COP(S)OC3C4O)OC(n3cnc4c(N)ncnc43)C5O)c2[nH+]1. The number of rotatable bonds is 2. The van der Waals surface area contributed by atoms with Crippen LogP contribution in [0.15, 0.2) is 29.7 Å². The molecule has 0 radical (unpaired) electrons. The summed E-state index contributed by atoms with van der Waals surface area (Å²) in [5.41, 5.74) is 12.1. The third-order valence-electron chi connectivity index (χ3n) is 7.87. The van der Waals surface area contributed by atoms with Crippen LogP contribution in [0.4, 0.5) is 11.8 Å². The van der Waals surface area contributed by atoms with Crippen LogP contribution in [0.3, 0.4) is 0 Å². The maximum atomic E-state index is 13.3. The third-order valence-corrected chi connectivity index (χ3v) is 10.7. The van der Waals surface area contributed by atoms with Gasteiger partial charge in [-0.05, 0) is 6.07 Å². The number of aromatic amines is 2. The van der Waals surface area contributed by atoms with Crippen molar-refractivity contribution in [3.8, 4) is 0 Å². The molecule has 10 unspecified atom stereocenters. The Morgan fingerprint density at radius 1 is 1.11 bits per heavy atom. The largest absolute Gasteiger partial charge is 0.388 e. The summed E-state index contributed by atoms with van der Waals surface area (Å²) in [7, 11) is -6.41. The van der Waals surface area contributed by atoms with Crippen LogP contribution in [0.2, 0.25) is 0 Å². The predicted octanol–water partition coefficient (Wildman–Crippen LogP) is -0.945. The van der Waals surface area contributed by atoms with Crippen LogP contribution in [-0.2, 0) is 27.6 Å². The van der Waals surface area contributed by atoms with Gasteiger partial charge in [-0.25, -0.2) is 24.9 Å². The number of fused-ring (bicyclic) bond motifs is 5. The number of imidazole rings is 1. The maximum Gasteiger partial charge on any atom is 0.328 e. The fourth-order valence-corrected chi connectivity index (χ4v) is 8.53. The first-order chi connectivity index (χ1) is 21.0. The summed E-state index contributed by atoms with van der Waals surface area (Å²) in [6, 6.07) is 1.53. The molecule has 9 N–H and O–H groups in total. The van der Waals surface area contributed by atoms with E-state index < -0.39 is 82.4 Å². The van der Waals surface area contributed by atoms with E-state index in [1.54, 1.807) is 6.20 Å². The van der Waals surface area contributed by atoms with E-state index in [4.69, 9.17) is 34.5 Å². The minimum absolute atomic E-state index is 0.00676. The van der Waals surface area contributed by atoms with Gasteiger partial charge in [-0.1, -0.05) is 12.2 Å². The Morgan fingerprint density at radius 3 is 2.73 bits per heavy atom. The fraction of sp³-hybridized carbons (Fsp3) is 0.500. The molecule has 7 heterocycles. The molecule has 236 valence electrons. The van der Waals surface area contributed by atoms with E-state index in [0.29, 0.717) is 16.8 Å². The third kappa shape index (κ3) is 5.19. The standard InChI is InChI=1S/C22H27N9O10P2S/c23-16-12-18(26-6-25-16)31(7-27-12)20-13(32)9-5-43(35,36)38-4-11-14(33)15(41-42(44)37-3-10(9)39-20)21(40-11)30-2-1-8-17(30)28-22(24)29-19(8)34/h1-2,6-7,9-11,13-15,20-21,32-33,44H,3-5H2,(H,35,36)(H2,23,25,26)(H3,24,28,29,34)/p+1. The number of hydrogen-bond donors (Lipinski definition) is 7. The van der Waals surface area contributed by atoms with Crippen molar-refractivity contribution >= 4 is 61.4 Å². The van der Waals surface area contributed by atoms with Crippen LogP contribution in [0, 0.1) is 5.92 Å². The Labute approximate surface area is 253 Å². The Bertz CT molecular complexity index is 1820. The van der Waals surface area contributed by atoms with Gasteiger partial charge in [-0.15, -0.1) is 0 Å². The number of hydrogen-bond acceptors (Lipinski definition) is 15. The number of anilines is 2. The van der Waals surface area contributed by atoms with Crippen LogP contribution in [-0.4, -0.2) is 94.1 Å². The van der Waals surface area contributed by atoms with E-state index in [9.17, 15) is 24.5 Å². The van der Waals surface area contributed by atoms with Gasteiger partial charge in [0.25, 0.3) is 0 Å². The molecular formula is C22H28N9O10P2S+. The number of ether oxygens (including phenoxy) is 2. The Balaban J connectivity index is 1.18. The number of nitrogen functional groups attached to an aromatic ring is 2. The van der Waals surface area contributed by atoms with Gasteiger partial charge < -0.3 is 49.6 Å². The first-order valence-corrected chi connectivity index (χ1v) is 17.4. The number of H-pyrrole nitrogens is 2. The molecule has 0 spiro atoms. The van der Waals surface area contributed by atoms with E-state index in [-0.39, 0.29) is 23.8 Å². The highest BCUT2D eigenvalue weighted by molar-refractivity contribution is 8.41. The van der Waals surface area contributed by atoms with Crippen LogP contribution in [0.5, 0.6) is 0 Å². The zero-order valence-corrected chi connectivity index (χ0v) is 25.2. The number of nitrogens with two attached hydrogens (primary N) is 2. The molecule has 0 saturated carbocycles. The summed E-state index contributed by atoms with van der Waals surface area (Å²) >= 11 is 4.46. The number of aromatic nitrogens is 7. The summed E-state index contributed by atoms with van der Waals surface area (Å²) in [5.74, 6) is -0.810. The molecule has 2 bridgehead atoms. The van der Waals surface area contributed by atoms with Crippen molar-refractivity contribution in [3.05, 3.63) is 35.3 Å². The second-order valence-electron chi connectivity index (χ2n) is 10.6. The number of nitrogens with one attached hydrogen (secondary N) is 2. The van der Waals surface area contributed by atoms with Crippen molar-refractivity contribution in [2.75, 3.05) is 30.8 Å². The topological polar surface area (TPSA) is 271 Å². The molecule has 3 fully saturated rings. The lowest BCUT2D eigenvalue weighted by atomic mass is 10.0. The van der Waals surface area contributed by atoms with Gasteiger partial charge in [0.05, 0.1) is 38.0 Å². The van der Waals surface area contributed by atoms with Crippen LogP contribution >= 0.6 is 27.4 Å². The summed E-state index contributed by atoms with van der Waals surface area (Å²) in [4.78, 5) is 40.9. The fourth-order valence-electron chi connectivity index (χ4n) is 5.76. The highest BCUT2D eigenvalue weighted by Gasteiger charge is 2.52. The first-order valence-electron chi connectivity index (χ1n) is 13.3. The normalized spacial score (nSPS) is 36.6. The summed E-state index contributed by atoms with van der Waals surface area (Å²) in [6.45, 7) is -0.705. The van der Waals surface area contributed by atoms with Crippen molar-refractivity contribution in [2.45, 2.75) is 43.0 Å². The molecule has 19 nitrogen and oxygen atoms in total. The van der Waals surface area contributed by atoms with Crippen LogP contribution < -0.4 is 22.0 Å². The maximum absolute atomic E-state index is 13.3. The van der Waals surface area contributed by atoms with E-state index in [1.807, 2.05) is 0 Å². The molecule has 0 amide bonds. The Morgan fingerprint density at radius 2 is 1.91 bits per heavy atom. The van der Waals surface area contributed by atoms with E-state index >= 15 is 0 Å². The highest BCUT2D eigenvalue weighted by atomic mass is 32.7. The van der Waals surface area contributed by atoms with Crippen molar-refractivity contribution in [3.63, 3.8) is 0 Å². The Kier molecular flexibility index (Phi) is 7.66. The molecule has 3 aliphatic heterocycles. The smallest absolute Gasteiger partial charge is 0.328 e. The van der Waals surface area contributed by atoms with Crippen molar-refractivity contribution in [1.29, 1.82) is 0 Å². The monoisotopic (exact) mass is 672 g/mol. The van der Waals surface area contributed by atoms with Crippen molar-refractivity contribution in [2.24, 2.45) is 5.92 Å². The van der Waals surface area contributed by atoms with E-state index in [0.717, 1.165) is 0 Å². The zero-order chi connectivity index (χ0) is 30.9. The highest BCUT2D eigenvalue weighted by Crippen LogP contribution is 2.53. The van der Waals surface area contributed by atoms with Crippen LogP contribution in [0.1, 0.15) is 12.5 Å². The molecule has 4 aromatic heterocycles. The lowest BCUT2D eigenvalue weighted by Gasteiger charge is -2.25. The molecular weight excluding hydrogens is 644 g/mol. The van der Waals surface area contributed by atoms with Gasteiger partial charge in [-0.2, -0.15) is 0 Å². The summed E-state index contributed by atoms with van der Waals surface area (Å²) < 4.78 is 45.8. The average Bonchev–Trinajstić information content (AvgIpc) is 3.72. The molecule has 0 aromatic carbocycles.